The molecule has 1 aromatic heterocycles. The fourth-order valence-electron chi connectivity index (χ4n) is 2.70. The van der Waals surface area contributed by atoms with E-state index in [0.717, 1.165) is 12.0 Å². The van der Waals surface area contributed by atoms with E-state index in [1.165, 1.54) is 11.9 Å². The maximum absolute atomic E-state index is 10.7. The van der Waals surface area contributed by atoms with E-state index >= 15 is 0 Å². The Balaban J connectivity index is 1.80. The molecule has 0 spiro atoms. The van der Waals surface area contributed by atoms with Gasteiger partial charge in [0, 0.05) is 0 Å². The summed E-state index contributed by atoms with van der Waals surface area (Å²) >= 11 is 0. The van der Waals surface area contributed by atoms with Crippen LogP contribution in [0.2, 0.25) is 0 Å². The molecule has 0 fully saturated rings. The van der Waals surface area contributed by atoms with Crippen molar-refractivity contribution < 1.29 is 9.84 Å². The fraction of sp³-hybridized carbons (Fsp3) is 0.333. The van der Waals surface area contributed by atoms with Crippen LogP contribution < -0.4 is 4.74 Å². The standard InChI is InChI=1S/C21H25N3O2/c1-21(2,3)19(25)20(24-15-22-14-23-24)26-18-12-10-17(11-13-18)16-8-6-4-5-7-9-16/h4-6,8-15,19-20,25H,7H2,1-3H3. The molecule has 26 heavy (non-hydrogen) atoms. The molecule has 0 saturated heterocycles. The molecule has 2 atom stereocenters. The highest BCUT2D eigenvalue weighted by Gasteiger charge is 2.34. The Morgan fingerprint density at radius 1 is 1.15 bits per heavy atom. The Hall–Kier alpha value is -2.66. The average Bonchev–Trinajstić information content (AvgIpc) is 3.01. The number of benzene rings is 1. The SMILES string of the molecule is CC(C)(C)C(O)C(Oc1ccc(C2=CCC=CC=C2)cc1)n1cncn1. The van der Waals surface area contributed by atoms with Gasteiger partial charge in [0.1, 0.15) is 24.5 Å². The summed E-state index contributed by atoms with van der Waals surface area (Å²) in [5.74, 6) is 0.675. The molecule has 0 radical (unpaired) electrons. The number of ether oxygens (including phenoxy) is 1. The second-order valence-electron chi connectivity index (χ2n) is 7.40. The molecule has 2 aromatic rings. The molecule has 136 valence electrons. The summed E-state index contributed by atoms with van der Waals surface area (Å²) in [6.07, 6.45) is 13.0. The maximum Gasteiger partial charge on any atom is 0.219 e. The smallest absolute Gasteiger partial charge is 0.219 e. The first-order valence-electron chi connectivity index (χ1n) is 8.78. The lowest BCUT2D eigenvalue weighted by molar-refractivity contribution is -0.0731. The summed E-state index contributed by atoms with van der Waals surface area (Å²) < 4.78 is 7.62. The third kappa shape index (κ3) is 4.29. The molecule has 1 aliphatic carbocycles. The second kappa shape index (κ2) is 7.70. The van der Waals surface area contributed by atoms with Crippen molar-refractivity contribution in [3.8, 4) is 5.75 Å². The van der Waals surface area contributed by atoms with Crippen molar-refractivity contribution in [1.82, 2.24) is 14.8 Å². The predicted molar refractivity (Wildman–Crippen MR) is 102 cm³/mol. The van der Waals surface area contributed by atoms with Crippen LogP contribution in [-0.4, -0.2) is 26.0 Å². The molecule has 1 aliphatic rings. The van der Waals surface area contributed by atoms with E-state index in [4.69, 9.17) is 4.74 Å². The molecule has 2 unspecified atom stereocenters. The Kier molecular flexibility index (Phi) is 5.38. The van der Waals surface area contributed by atoms with Crippen LogP contribution in [0.4, 0.5) is 0 Å². The van der Waals surface area contributed by atoms with Crippen molar-refractivity contribution in [2.45, 2.75) is 39.5 Å². The van der Waals surface area contributed by atoms with E-state index in [1.54, 1.807) is 11.0 Å². The summed E-state index contributed by atoms with van der Waals surface area (Å²) in [5, 5.41) is 14.9. The van der Waals surface area contributed by atoms with Crippen LogP contribution in [0, 0.1) is 5.41 Å². The van der Waals surface area contributed by atoms with Gasteiger partial charge >= 0.3 is 0 Å². The summed E-state index contributed by atoms with van der Waals surface area (Å²) in [6, 6.07) is 7.89. The number of aliphatic hydroxyl groups excluding tert-OH is 1. The number of allylic oxidation sites excluding steroid dienone is 6. The van der Waals surface area contributed by atoms with E-state index in [2.05, 4.69) is 34.4 Å². The Morgan fingerprint density at radius 2 is 1.92 bits per heavy atom. The van der Waals surface area contributed by atoms with Crippen LogP contribution in [0.25, 0.3) is 5.57 Å². The van der Waals surface area contributed by atoms with Gasteiger partial charge in [-0.1, -0.05) is 63.3 Å². The highest BCUT2D eigenvalue weighted by molar-refractivity contribution is 5.75. The third-order valence-corrected chi connectivity index (χ3v) is 4.30. The molecule has 1 heterocycles. The van der Waals surface area contributed by atoms with E-state index in [-0.39, 0.29) is 5.41 Å². The van der Waals surface area contributed by atoms with Crippen molar-refractivity contribution in [1.29, 1.82) is 0 Å². The largest absolute Gasteiger partial charge is 0.466 e. The van der Waals surface area contributed by atoms with Crippen molar-refractivity contribution in [2.75, 3.05) is 0 Å². The molecular formula is C21H25N3O2. The van der Waals surface area contributed by atoms with Gasteiger partial charge in [0.2, 0.25) is 6.23 Å². The number of hydrogen-bond donors (Lipinski definition) is 1. The lowest BCUT2D eigenvalue weighted by Crippen LogP contribution is -2.38. The molecule has 5 heteroatoms. The van der Waals surface area contributed by atoms with E-state index < -0.39 is 12.3 Å². The monoisotopic (exact) mass is 351 g/mol. The van der Waals surface area contributed by atoms with Crippen LogP contribution in [-0.2, 0) is 0 Å². The minimum atomic E-state index is -0.748. The van der Waals surface area contributed by atoms with Gasteiger partial charge in [-0.25, -0.2) is 9.67 Å². The Morgan fingerprint density at radius 3 is 2.58 bits per heavy atom. The number of aromatic nitrogens is 3. The first-order valence-corrected chi connectivity index (χ1v) is 8.78. The fourth-order valence-corrected chi connectivity index (χ4v) is 2.70. The van der Waals surface area contributed by atoms with Crippen LogP contribution in [0.3, 0.4) is 0 Å². The molecule has 5 nitrogen and oxygen atoms in total. The lowest BCUT2D eigenvalue weighted by atomic mass is 9.88. The zero-order valence-corrected chi connectivity index (χ0v) is 15.4. The van der Waals surface area contributed by atoms with Crippen LogP contribution in [0.15, 0.2) is 67.3 Å². The van der Waals surface area contributed by atoms with Crippen LogP contribution in [0.1, 0.15) is 39.0 Å². The quantitative estimate of drug-likeness (QED) is 0.878. The molecule has 3 rings (SSSR count). The van der Waals surface area contributed by atoms with Gasteiger partial charge in [-0.3, -0.25) is 0 Å². The number of rotatable bonds is 5. The lowest BCUT2D eigenvalue weighted by Gasteiger charge is -2.32. The van der Waals surface area contributed by atoms with Gasteiger partial charge in [-0.05, 0) is 35.1 Å². The Bertz CT molecular complexity index is 797. The van der Waals surface area contributed by atoms with Crippen LogP contribution in [0.5, 0.6) is 5.75 Å². The summed E-state index contributed by atoms with van der Waals surface area (Å²) in [7, 11) is 0. The highest BCUT2D eigenvalue weighted by Crippen LogP contribution is 2.31. The molecule has 0 aliphatic heterocycles. The maximum atomic E-state index is 10.7. The van der Waals surface area contributed by atoms with Crippen LogP contribution >= 0.6 is 0 Å². The topological polar surface area (TPSA) is 60.2 Å². The molecule has 0 bridgehead atoms. The molecular weight excluding hydrogens is 326 g/mol. The Labute approximate surface area is 154 Å². The first-order chi connectivity index (χ1) is 12.4. The molecule has 0 amide bonds. The van der Waals surface area contributed by atoms with Gasteiger partial charge in [0.15, 0.2) is 0 Å². The zero-order chi connectivity index (χ0) is 18.6. The number of aliphatic hydroxyl groups is 1. The first kappa shape index (κ1) is 18.1. The minimum absolute atomic E-state index is 0.362. The summed E-state index contributed by atoms with van der Waals surface area (Å²) in [5.41, 5.74) is 1.95. The highest BCUT2D eigenvalue weighted by atomic mass is 16.5. The average molecular weight is 351 g/mol. The van der Waals surface area contributed by atoms with Crippen molar-refractivity contribution in [2.24, 2.45) is 5.41 Å². The second-order valence-corrected chi connectivity index (χ2v) is 7.40. The minimum Gasteiger partial charge on any atom is -0.466 e. The molecule has 1 aromatic carbocycles. The van der Waals surface area contributed by atoms with E-state index in [1.807, 2.05) is 51.1 Å². The van der Waals surface area contributed by atoms with Gasteiger partial charge in [0.25, 0.3) is 0 Å². The van der Waals surface area contributed by atoms with Gasteiger partial charge in [-0.2, -0.15) is 5.10 Å². The van der Waals surface area contributed by atoms with E-state index in [9.17, 15) is 5.11 Å². The normalized spacial score (nSPS) is 16.7. The van der Waals surface area contributed by atoms with Gasteiger partial charge in [0.05, 0.1) is 0 Å². The van der Waals surface area contributed by atoms with Crippen molar-refractivity contribution >= 4 is 5.57 Å². The molecule has 0 saturated carbocycles. The number of nitrogens with zero attached hydrogens (tertiary/aromatic N) is 3. The summed E-state index contributed by atoms with van der Waals surface area (Å²) in [4.78, 5) is 3.97. The van der Waals surface area contributed by atoms with Crippen molar-refractivity contribution in [3.63, 3.8) is 0 Å². The van der Waals surface area contributed by atoms with Crippen molar-refractivity contribution in [3.05, 3.63) is 72.9 Å². The van der Waals surface area contributed by atoms with E-state index in [0.29, 0.717) is 5.75 Å². The third-order valence-electron chi connectivity index (χ3n) is 4.30. The number of hydrogen-bond acceptors (Lipinski definition) is 4. The predicted octanol–water partition coefficient (Wildman–Crippen LogP) is 4.16. The van der Waals surface area contributed by atoms with Gasteiger partial charge < -0.3 is 9.84 Å². The zero-order valence-electron chi connectivity index (χ0n) is 15.4. The summed E-state index contributed by atoms with van der Waals surface area (Å²) in [6.45, 7) is 5.90. The molecule has 1 N–H and O–H groups in total. The van der Waals surface area contributed by atoms with Gasteiger partial charge in [-0.15, -0.1) is 0 Å².